The van der Waals surface area contributed by atoms with E-state index < -0.39 is 10.0 Å². The van der Waals surface area contributed by atoms with Gasteiger partial charge in [0.1, 0.15) is 5.71 Å². The molecule has 1 heterocycles. The molecule has 0 aliphatic carbocycles. The fourth-order valence-corrected chi connectivity index (χ4v) is 3.24. The molecule has 0 saturated carbocycles. The van der Waals surface area contributed by atoms with Gasteiger partial charge in [0.25, 0.3) is 10.0 Å². The molecule has 0 atom stereocenters. The van der Waals surface area contributed by atoms with Crippen molar-refractivity contribution in [2.75, 3.05) is 0 Å². The van der Waals surface area contributed by atoms with E-state index in [9.17, 15) is 8.42 Å². The second-order valence-electron chi connectivity index (χ2n) is 5.12. The summed E-state index contributed by atoms with van der Waals surface area (Å²) in [5.41, 5.74) is 2.00. The predicted octanol–water partition coefficient (Wildman–Crippen LogP) is 3.58. The molecule has 2 aromatic carbocycles. The van der Waals surface area contributed by atoms with Crippen molar-refractivity contribution in [1.29, 1.82) is 0 Å². The van der Waals surface area contributed by atoms with Crippen LogP contribution in [0, 0.1) is 0 Å². The zero-order valence-corrected chi connectivity index (χ0v) is 15.4. The highest BCUT2D eigenvalue weighted by Crippen LogP contribution is 2.15. The van der Waals surface area contributed by atoms with E-state index in [0.717, 1.165) is 10.0 Å². The number of sulfonamides is 1. The Bertz CT molecular complexity index is 932. The van der Waals surface area contributed by atoms with Crippen LogP contribution < -0.4 is 4.83 Å². The fraction of sp³-hybridized carbons (Fsp3) is 0. The maximum absolute atomic E-state index is 12.5. The number of hydrogen-bond acceptors (Lipinski definition) is 4. The SMILES string of the molecule is O=S(=O)(NN=C(c1ccccc1)c1cccnc1)c1ccc(Br)cc1. The molecule has 0 saturated heterocycles. The minimum Gasteiger partial charge on any atom is -0.264 e. The summed E-state index contributed by atoms with van der Waals surface area (Å²) in [5.74, 6) is 0. The smallest absolute Gasteiger partial charge is 0.264 e. The van der Waals surface area contributed by atoms with Crippen molar-refractivity contribution >= 4 is 31.7 Å². The van der Waals surface area contributed by atoms with Gasteiger partial charge in [-0.15, -0.1) is 0 Å². The number of hydrazone groups is 1. The van der Waals surface area contributed by atoms with Crippen LogP contribution in [0.4, 0.5) is 0 Å². The van der Waals surface area contributed by atoms with Gasteiger partial charge < -0.3 is 0 Å². The van der Waals surface area contributed by atoms with E-state index in [1.807, 2.05) is 36.4 Å². The molecule has 1 aromatic heterocycles. The molecular weight excluding hydrogens is 402 g/mol. The fourth-order valence-electron chi connectivity index (χ4n) is 2.17. The molecule has 1 N–H and O–H groups in total. The van der Waals surface area contributed by atoms with E-state index in [-0.39, 0.29) is 4.90 Å². The van der Waals surface area contributed by atoms with Gasteiger partial charge >= 0.3 is 0 Å². The lowest BCUT2D eigenvalue weighted by Crippen LogP contribution is -2.21. The summed E-state index contributed by atoms with van der Waals surface area (Å²) >= 11 is 3.29. The Labute approximate surface area is 154 Å². The highest BCUT2D eigenvalue weighted by atomic mass is 79.9. The third-order valence-electron chi connectivity index (χ3n) is 3.38. The van der Waals surface area contributed by atoms with E-state index in [1.54, 1.807) is 30.6 Å². The molecule has 3 rings (SSSR count). The third kappa shape index (κ3) is 4.32. The van der Waals surface area contributed by atoms with Gasteiger partial charge in [0.05, 0.1) is 4.90 Å². The molecule has 0 aliphatic rings. The lowest BCUT2D eigenvalue weighted by atomic mass is 10.0. The molecule has 0 spiro atoms. The zero-order chi connectivity index (χ0) is 17.7. The van der Waals surface area contributed by atoms with Crippen molar-refractivity contribution < 1.29 is 8.42 Å². The Hall–Kier alpha value is -2.51. The van der Waals surface area contributed by atoms with Crippen LogP contribution in [0.2, 0.25) is 0 Å². The topological polar surface area (TPSA) is 71.4 Å². The van der Waals surface area contributed by atoms with Gasteiger partial charge in [0.2, 0.25) is 0 Å². The quantitative estimate of drug-likeness (QED) is 0.511. The van der Waals surface area contributed by atoms with Gasteiger partial charge in [-0.25, -0.2) is 0 Å². The number of rotatable bonds is 5. The highest BCUT2D eigenvalue weighted by Gasteiger charge is 2.14. The van der Waals surface area contributed by atoms with Crippen molar-refractivity contribution in [2.45, 2.75) is 4.90 Å². The van der Waals surface area contributed by atoms with E-state index >= 15 is 0 Å². The van der Waals surface area contributed by atoms with Crippen LogP contribution in [0.1, 0.15) is 11.1 Å². The summed E-state index contributed by atoms with van der Waals surface area (Å²) < 4.78 is 25.7. The van der Waals surface area contributed by atoms with Crippen LogP contribution in [0.25, 0.3) is 0 Å². The Morgan fingerprint density at radius 2 is 1.60 bits per heavy atom. The van der Waals surface area contributed by atoms with E-state index in [1.165, 1.54) is 12.1 Å². The number of pyridine rings is 1. The molecule has 25 heavy (non-hydrogen) atoms. The number of nitrogens with zero attached hydrogens (tertiary/aromatic N) is 2. The number of nitrogens with one attached hydrogen (secondary N) is 1. The van der Waals surface area contributed by atoms with Gasteiger partial charge in [-0.3, -0.25) is 4.98 Å². The molecule has 3 aromatic rings. The molecular formula is C18H14BrN3O2S. The predicted molar refractivity (Wildman–Crippen MR) is 101 cm³/mol. The van der Waals surface area contributed by atoms with Gasteiger partial charge in [0.15, 0.2) is 0 Å². The summed E-state index contributed by atoms with van der Waals surface area (Å²) in [4.78, 5) is 6.53. The van der Waals surface area contributed by atoms with E-state index in [2.05, 4.69) is 30.8 Å². The Balaban J connectivity index is 1.98. The average molecular weight is 416 g/mol. The van der Waals surface area contributed by atoms with Gasteiger partial charge in [-0.1, -0.05) is 46.3 Å². The summed E-state index contributed by atoms with van der Waals surface area (Å²) in [6, 6.07) is 19.3. The standard InChI is InChI=1S/C18H14BrN3O2S/c19-16-8-10-17(11-9-16)25(23,24)22-21-18(14-5-2-1-3-6-14)15-7-4-12-20-13-15/h1-13,22H. The lowest BCUT2D eigenvalue weighted by Gasteiger charge is -2.09. The Morgan fingerprint density at radius 3 is 2.24 bits per heavy atom. The molecule has 0 bridgehead atoms. The van der Waals surface area contributed by atoms with Gasteiger partial charge in [0, 0.05) is 28.0 Å². The normalized spacial score (nSPS) is 12.0. The number of aromatic nitrogens is 1. The second-order valence-corrected chi connectivity index (χ2v) is 7.69. The molecule has 5 nitrogen and oxygen atoms in total. The number of benzene rings is 2. The Morgan fingerprint density at radius 1 is 0.920 bits per heavy atom. The first-order valence-electron chi connectivity index (χ1n) is 7.37. The van der Waals surface area contributed by atoms with Crippen molar-refractivity contribution in [2.24, 2.45) is 5.10 Å². The van der Waals surface area contributed by atoms with Crippen molar-refractivity contribution in [3.8, 4) is 0 Å². The molecule has 126 valence electrons. The van der Waals surface area contributed by atoms with E-state index in [4.69, 9.17) is 0 Å². The van der Waals surface area contributed by atoms with Crippen LogP contribution in [0.5, 0.6) is 0 Å². The first-order chi connectivity index (χ1) is 12.1. The Kier molecular flexibility index (Phi) is 5.25. The lowest BCUT2D eigenvalue weighted by molar-refractivity contribution is 0.584. The molecule has 0 radical (unpaired) electrons. The first kappa shape index (κ1) is 17.3. The average Bonchev–Trinajstić information content (AvgIpc) is 2.64. The minimum atomic E-state index is -3.77. The maximum atomic E-state index is 12.5. The number of hydrogen-bond donors (Lipinski definition) is 1. The second kappa shape index (κ2) is 7.58. The van der Waals surface area contributed by atoms with Crippen LogP contribution in [0.3, 0.4) is 0 Å². The maximum Gasteiger partial charge on any atom is 0.276 e. The van der Waals surface area contributed by atoms with E-state index in [0.29, 0.717) is 11.3 Å². The molecule has 0 unspecified atom stereocenters. The molecule has 0 fully saturated rings. The minimum absolute atomic E-state index is 0.137. The summed E-state index contributed by atoms with van der Waals surface area (Å²) in [6.07, 6.45) is 3.29. The van der Waals surface area contributed by atoms with Crippen molar-refractivity contribution in [1.82, 2.24) is 9.82 Å². The summed E-state index contributed by atoms with van der Waals surface area (Å²) in [7, 11) is -3.77. The summed E-state index contributed by atoms with van der Waals surface area (Å²) in [5, 5.41) is 4.16. The summed E-state index contributed by atoms with van der Waals surface area (Å²) in [6.45, 7) is 0. The van der Waals surface area contributed by atoms with Gasteiger partial charge in [-0.05, 0) is 36.4 Å². The van der Waals surface area contributed by atoms with Crippen LogP contribution in [-0.4, -0.2) is 19.1 Å². The molecule has 7 heteroatoms. The van der Waals surface area contributed by atoms with Crippen LogP contribution in [0.15, 0.2) is 93.6 Å². The van der Waals surface area contributed by atoms with Crippen molar-refractivity contribution in [3.63, 3.8) is 0 Å². The largest absolute Gasteiger partial charge is 0.276 e. The monoisotopic (exact) mass is 415 g/mol. The number of halogens is 1. The highest BCUT2D eigenvalue weighted by molar-refractivity contribution is 9.10. The van der Waals surface area contributed by atoms with Crippen LogP contribution >= 0.6 is 15.9 Å². The molecule has 0 amide bonds. The van der Waals surface area contributed by atoms with Crippen molar-refractivity contribution in [3.05, 3.63) is 94.7 Å². The van der Waals surface area contributed by atoms with Crippen LogP contribution in [-0.2, 0) is 10.0 Å². The first-order valence-corrected chi connectivity index (χ1v) is 9.65. The van der Waals surface area contributed by atoms with Gasteiger partial charge in [-0.2, -0.15) is 18.4 Å². The third-order valence-corrected chi connectivity index (χ3v) is 5.14. The zero-order valence-electron chi connectivity index (χ0n) is 13.0. The molecule has 0 aliphatic heterocycles.